The van der Waals surface area contributed by atoms with Gasteiger partial charge in [0.25, 0.3) is 0 Å². The molecule has 118 valence electrons. The Morgan fingerprint density at radius 3 is 2.71 bits per heavy atom. The quantitative estimate of drug-likeness (QED) is 0.685. The normalized spacial score (nSPS) is 23.1. The average molecular weight is 308 g/mol. The van der Waals surface area contributed by atoms with Gasteiger partial charge in [-0.05, 0) is 31.6 Å². The van der Waals surface area contributed by atoms with Crippen LogP contribution in [0.4, 0.5) is 0 Å². The van der Waals surface area contributed by atoms with E-state index in [1.807, 2.05) is 14.0 Å². The monoisotopic (exact) mass is 308 g/mol. The van der Waals surface area contributed by atoms with Crippen LogP contribution in [0.15, 0.2) is 10.4 Å². The molecule has 1 aromatic rings. The Kier molecular flexibility index (Phi) is 6.03. The van der Waals surface area contributed by atoms with E-state index in [1.54, 1.807) is 11.3 Å². The van der Waals surface area contributed by atoms with E-state index < -0.39 is 0 Å². The first kappa shape index (κ1) is 16.3. The highest BCUT2D eigenvalue weighted by atomic mass is 32.1. The summed E-state index contributed by atoms with van der Waals surface area (Å²) in [7, 11) is 3.93. The fourth-order valence-corrected chi connectivity index (χ4v) is 3.56. The molecule has 0 radical (unpaired) electrons. The number of guanidine groups is 1. The van der Waals surface area contributed by atoms with Crippen LogP contribution in [0.5, 0.6) is 0 Å². The van der Waals surface area contributed by atoms with Crippen LogP contribution < -0.4 is 5.32 Å². The van der Waals surface area contributed by atoms with Crippen LogP contribution in [-0.2, 0) is 6.54 Å². The molecule has 0 unspecified atom stereocenters. The van der Waals surface area contributed by atoms with Crippen LogP contribution in [0.3, 0.4) is 0 Å². The molecule has 1 aliphatic carbocycles. The first-order valence-corrected chi connectivity index (χ1v) is 8.79. The minimum atomic E-state index is 0.799. The minimum absolute atomic E-state index is 0.799. The maximum Gasteiger partial charge on any atom is 0.193 e. The van der Waals surface area contributed by atoms with E-state index in [4.69, 9.17) is 0 Å². The molecule has 0 aromatic carbocycles. The van der Waals surface area contributed by atoms with Crippen molar-refractivity contribution in [3.8, 4) is 0 Å². The van der Waals surface area contributed by atoms with Crippen LogP contribution in [0.2, 0.25) is 0 Å². The standard InChI is InChI=1S/C16H28N4S/c1-12-5-7-14(8-6-12)9-18-16(17-3)20(4)10-15-11-21-13(2)19-15/h11-12,14H,5-10H2,1-4H3,(H,17,18). The zero-order valence-electron chi connectivity index (χ0n) is 13.7. The summed E-state index contributed by atoms with van der Waals surface area (Å²) in [6.45, 7) is 6.27. The molecule has 0 atom stereocenters. The molecule has 1 fully saturated rings. The van der Waals surface area contributed by atoms with Gasteiger partial charge in [-0.25, -0.2) is 4.98 Å². The van der Waals surface area contributed by atoms with Crippen LogP contribution in [0.1, 0.15) is 43.3 Å². The maximum absolute atomic E-state index is 4.52. The molecule has 1 N–H and O–H groups in total. The number of hydrogen-bond acceptors (Lipinski definition) is 3. The number of rotatable bonds is 4. The molecule has 4 nitrogen and oxygen atoms in total. The molecule has 0 aliphatic heterocycles. The van der Waals surface area contributed by atoms with Crippen LogP contribution >= 0.6 is 11.3 Å². The Bertz CT molecular complexity index is 461. The number of nitrogens with zero attached hydrogens (tertiary/aromatic N) is 3. The van der Waals surface area contributed by atoms with Gasteiger partial charge < -0.3 is 10.2 Å². The lowest BCUT2D eigenvalue weighted by Gasteiger charge is -2.28. The van der Waals surface area contributed by atoms with Gasteiger partial charge in [0.1, 0.15) is 0 Å². The van der Waals surface area contributed by atoms with Gasteiger partial charge in [-0.3, -0.25) is 4.99 Å². The van der Waals surface area contributed by atoms with Gasteiger partial charge in [0, 0.05) is 26.0 Å². The molecule has 0 spiro atoms. The summed E-state index contributed by atoms with van der Waals surface area (Å²) in [5.74, 6) is 2.68. The van der Waals surface area contributed by atoms with Crippen molar-refractivity contribution >= 4 is 17.3 Å². The first-order chi connectivity index (χ1) is 10.1. The molecule has 1 aromatic heterocycles. The average Bonchev–Trinajstić information content (AvgIpc) is 2.87. The summed E-state index contributed by atoms with van der Waals surface area (Å²) >= 11 is 1.70. The van der Waals surface area contributed by atoms with Crippen molar-refractivity contribution in [1.29, 1.82) is 0 Å². The van der Waals surface area contributed by atoms with Crippen LogP contribution in [0.25, 0.3) is 0 Å². The van der Waals surface area contributed by atoms with Gasteiger partial charge in [-0.2, -0.15) is 0 Å². The summed E-state index contributed by atoms with van der Waals surface area (Å²) in [4.78, 5) is 11.1. The van der Waals surface area contributed by atoms with E-state index in [-0.39, 0.29) is 0 Å². The number of aryl methyl sites for hydroxylation is 1. The second kappa shape index (κ2) is 7.78. The van der Waals surface area contributed by atoms with E-state index in [9.17, 15) is 0 Å². The second-order valence-corrected chi connectivity index (χ2v) is 7.33. The summed E-state index contributed by atoms with van der Waals surface area (Å²) in [5, 5.41) is 6.78. The van der Waals surface area contributed by atoms with Gasteiger partial charge in [-0.15, -0.1) is 11.3 Å². The van der Waals surface area contributed by atoms with Crippen LogP contribution in [0, 0.1) is 18.8 Å². The molecule has 5 heteroatoms. The summed E-state index contributed by atoms with van der Waals surface area (Å²) < 4.78 is 0. The topological polar surface area (TPSA) is 40.5 Å². The third-order valence-corrected chi connectivity index (χ3v) is 5.15. The number of aromatic nitrogens is 1. The van der Waals surface area contributed by atoms with Crippen molar-refractivity contribution in [2.75, 3.05) is 20.6 Å². The third kappa shape index (κ3) is 4.99. The van der Waals surface area contributed by atoms with Crippen molar-refractivity contribution in [2.45, 2.75) is 46.1 Å². The molecule has 1 aliphatic rings. The van der Waals surface area contributed by atoms with Crippen molar-refractivity contribution in [1.82, 2.24) is 15.2 Å². The highest BCUT2D eigenvalue weighted by Gasteiger charge is 2.19. The second-order valence-electron chi connectivity index (χ2n) is 6.27. The Morgan fingerprint density at radius 2 is 2.14 bits per heavy atom. The molecule has 0 saturated heterocycles. The van der Waals surface area contributed by atoms with Gasteiger partial charge in [0.15, 0.2) is 5.96 Å². The van der Waals surface area contributed by atoms with Gasteiger partial charge in [-0.1, -0.05) is 19.8 Å². The predicted octanol–water partition coefficient (Wildman–Crippen LogP) is 3.29. The largest absolute Gasteiger partial charge is 0.356 e. The Hall–Kier alpha value is -1.10. The van der Waals surface area contributed by atoms with Gasteiger partial charge >= 0.3 is 0 Å². The van der Waals surface area contributed by atoms with E-state index in [0.29, 0.717) is 0 Å². The molecule has 1 saturated carbocycles. The van der Waals surface area contributed by atoms with Gasteiger partial charge in [0.2, 0.25) is 0 Å². The summed E-state index contributed by atoms with van der Waals surface area (Å²) in [6, 6.07) is 0. The molecular formula is C16H28N4S. The zero-order chi connectivity index (χ0) is 15.2. The first-order valence-electron chi connectivity index (χ1n) is 7.91. The highest BCUT2D eigenvalue weighted by Crippen LogP contribution is 2.27. The van der Waals surface area contributed by atoms with Crippen molar-refractivity contribution < 1.29 is 0 Å². The fourth-order valence-electron chi connectivity index (χ4n) is 2.95. The van der Waals surface area contributed by atoms with Crippen molar-refractivity contribution in [3.05, 3.63) is 16.1 Å². The van der Waals surface area contributed by atoms with Crippen LogP contribution in [-0.4, -0.2) is 36.5 Å². The number of nitrogens with one attached hydrogen (secondary N) is 1. The van der Waals surface area contributed by atoms with E-state index in [2.05, 4.69) is 39.5 Å². The lowest BCUT2D eigenvalue weighted by Crippen LogP contribution is -2.41. The zero-order valence-corrected chi connectivity index (χ0v) is 14.5. The molecule has 1 heterocycles. The smallest absolute Gasteiger partial charge is 0.193 e. The molecule has 0 amide bonds. The number of hydrogen-bond donors (Lipinski definition) is 1. The van der Waals surface area contributed by atoms with Crippen molar-refractivity contribution in [2.24, 2.45) is 16.8 Å². The maximum atomic E-state index is 4.52. The lowest BCUT2D eigenvalue weighted by molar-refractivity contribution is 0.287. The molecule has 0 bridgehead atoms. The SMILES string of the molecule is CN=C(NCC1CCC(C)CC1)N(C)Cc1csc(C)n1. The Morgan fingerprint density at radius 1 is 1.43 bits per heavy atom. The fraction of sp³-hybridized carbons (Fsp3) is 0.750. The Labute approximate surface area is 132 Å². The van der Waals surface area contributed by atoms with E-state index >= 15 is 0 Å². The molecule has 21 heavy (non-hydrogen) atoms. The summed E-state index contributed by atoms with van der Waals surface area (Å²) in [5.41, 5.74) is 1.12. The van der Waals surface area contributed by atoms with Crippen molar-refractivity contribution in [3.63, 3.8) is 0 Å². The van der Waals surface area contributed by atoms with E-state index in [1.165, 1.54) is 25.7 Å². The van der Waals surface area contributed by atoms with E-state index in [0.717, 1.165) is 41.6 Å². The Balaban J connectivity index is 1.79. The predicted molar refractivity (Wildman–Crippen MR) is 90.8 cm³/mol. The summed E-state index contributed by atoms with van der Waals surface area (Å²) in [6.07, 6.45) is 5.44. The highest BCUT2D eigenvalue weighted by molar-refractivity contribution is 7.09. The molecule has 2 rings (SSSR count). The lowest BCUT2D eigenvalue weighted by atomic mass is 9.83. The number of thiazole rings is 1. The molecular weight excluding hydrogens is 280 g/mol. The van der Waals surface area contributed by atoms with Gasteiger partial charge in [0.05, 0.1) is 17.2 Å². The third-order valence-electron chi connectivity index (χ3n) is 4.32. The number of aliphatic imine (C=N–C) groups is 1. The minimum Gasteiger partial charge on any atom is -0.356 e.